The first-order valence-electron chi connectivity index (χ1n) is 11.2. The van der Waals surface area contributed by atoms with E-state index in [0.29, 0.717) is 0 Å². The van der Waals surface area contributed by atoms with E-state index in [1.165, 1.54) is 41.6 Å². The summed E-state index contributed by atoms with van der Waals surface area (Å²) in [5.74, 6) is 0. The van der Waals surface area contributed by atoms with Crippen LogP contribution in [0.2, 0.25) is 0 Å². The number of allylic oxidation sites excluding steroid dienone is 18. The fraction of sp³-hybridized carbons (Fsp3) is 0.367. The maximum absolute atomic E-state index is 10.4. The molecular formula is C30H40O. The molecule has 0 heterocycles. The van der Waals surface area contributed by atoms with Gasteiger partial charge in [-0.25, -0.2) is 0 Å². The maximum atomic E-state index is 10.4. The van der Waals surface area contributed by atoms with E-state index in [-0.39, 0.29) is 5.41 Å². The highest BCUT2D eigenvalue weighted by Gasteiger charge is 2.26. The molecule has 0 spiro atoms. The highest BCUT2D eigenvalue weighted by Crippen LogP contribution is 2.40. The summed E-state index contributed by atoms with van der Waals surface area (Å²) in [7, 11) is 0. The molecule has 0 radical (unpaired) electrons. The molecule has 1 aliphatic rings. The minimum Gasteiger partial charge on any atom is -0.299 e. The normalized spacial score (nSPS) is 19.6. The molecule has 1 heteroatoms. The fourth-order valence-corrected chi connectivity index (χ4v) is 3.58. The standard InChI is InChI=1S/C30H40O/c1-24(12-8-9-13-25(2)17-18-27(4)21-23-31)14-10-15-26(3)19-20-29-28(5)16-11-22-30(29,6)7/h8-10,12-15,17-21,23H,11,16,22H2,1-7H3/b9-8+,14-10+,18-17+,20-19+,24-12+,25-13+,26-15+,27-21+. The summed E-state index contributed by atoms with van der Waals surface area (Å²) in [6, 6.07) is 0. The summed E-state index contributed by atoms with van der Waals surface area (Å²) in [6.07, 6.45) is 29.3. The predicted octanol–water partition coefficient (Wildman–Crippen LogP) is 8.72. The van der Waals surface area contributed by atoms with E-state index in [1.807, 2.05) is 38.2 Å². The van der Waals surface area contributed by atoms with E-state index in [2.05, 4.69) is 77.2 Å². The van der Waals surface area contributed by atoms with Crippen LogP contribution in [0.25, 0.3) is 0 Å². The molecule has 0 amide bonds. The lowest BCUT2D eigenvalue weighted by atomic mass is 9.72. The summed E-state index contributed by atoms with van der Waals surface area (Å²) in [4.78, 5) is 10.4. The van der Waals surface area contributed by atoms with Crippen LogP contribution in [-0.2, 0) is 4.79 Å². The van der Waals surface area contributed by atoms with Gasteiger partial charge < -0.3 is 0 Å². The first-order valence-corrected chi connectivity index (χ1v) is 11.2. The van der Waals surface area contributed by atoms with E-state index in [1.54, 1.807) is 6.08 Å². The second-order valence-electron chi connectivity index (χ2n) is 9.12. The van der Waals surface area contributed by atoms with Gasteiger partial charge in [-0.1, -0.05) is 103 Å². The molecule has 0 aromatic rings. The Morgan fingerprint density at radius 1 is 0.742 bits per heavy atom. The van der Waals surface area contributed by atoms with Crippen LogP contribution in [0, 0.1) is 5.41 Å². The van der Waals surface area contributed by atoms with E-state index in [0.717, 1.165) is 17.4 Å². The third kappa shape index (κ3) is 10.8. The molecule has 0 atom stereocenters. The van der Waals surface area contributed by atoms with Crippen molar-refractivity contribution >= 4 is 6.29 Å². The second-order valence-corrected chi connectivity index (χ2v) is 9.12. The number of hydrogen-bond acceptors (Lipinski definition) is 1. The van der Waals surface area contributed by atoms with Crippen molar-refractivity contribution in [2.45, 2.75) is 67.7 Å². The molecule has 0 saturated carbocycles. The molecule has 1 nitrogen and oxygen atoms in total. The lowest BCUT2D eigenvalue weighted by Gasteiger charge is -2.32. The minimum absolute atomic E-state index is 0.286. The van der Waals surface area contributed by atoms with Gasteiger partial charge in [0.15, 0.2) is 0 Å². The molecule has 0 fully saturated rings. The first-order chi connectivity index (χ1) is 14.7. The number of carbonyl (C=O) groups excluding carboxylic acids is 1. The summed E-state index contributed by atoms with van der Waals surface area (Å²) >= 11 is 0. The van der Waals surface area contributed by atoms with Gasteiger partial charge in [0.05, 0.1) is 0 Å². The van der Waals surface area contributed by atoms with E-state index in [9.17, 15) is 4.79 Å². The summed E-state index contributed by atoms with van der Waals surface area (Å²) in [6.45, 7) is 15.2. The second kappa shape index (κ2) is 13.6. The van der Waals surface area contributed by atoms with Crippen LogP contribution >= 0.6 is 0 Å². The molecule has 0 aliphatic heterocycles. The van der Waals surface area contributed by atoms with Gasteiger partial charge in [0, 0.05) is 0 Å². The number of rotatable bonds is 9. The van der Waals surface area contributed by atoms with E-state index >= 15 is 0 Å². The van der Waals surface area contributed by atoms with Crippen molar-refractivity contribution in [3.8, 4) is 0 Å². The molecule has 1 rings (SSSR count). The van der Waals surface area contributed by atoms with E-state index in [4.69, 9.17) is 0 Å². The Balaban J connectivity index is 2.66. The molecule has 0 unspecified atom stereocenters. The predicted molar refractivity (Wildman–Crippen MR) is 138 cm³/mol. The van der Waals surface area contributed by atoms with Crippen LogP contribution < -0.4 is 0 Å². The molecule has 0 aromatic carbocycles. The number of hydrogen-bond donors (Lipinski definition) is 0. The molecule has 0 N–H and O–H groups in total. The topological polar surface area (TPSA) is 17.1 Å². The van der Waals surface area contributed by atoms with Gasteiger partial charge in [0.2, 0.25) is 0 Å². The lowest BCUT2D eigenvalue weighted by Crippen LogP contribution is -2.19. The lowest BCUT2D eigenvalue weighted by molar-refractivity contribution is -0.104. The van der Waals surface area contributed by atoms with Crippen molar-refractivity contribution in [1.29, 1.82) is 0 Å². The molecule has 1 aliphatic carbocycles. The Kier molecular flexibility index (Phi) is 11.6. The van der Waals surface area contributed by atoms with Gasteiger partial charge in [-0.3, -0.25) is 4.79 Å². The van der Waals surface area contributed by atoms with E-state index < -0.39 is 0 Å². The highest BCUT2D eigenvalue weighted by atomic mass is 16.1. The number of carbonyl (C=O) groups is 1. The van der Waals surface area contributed by atoms with Gasteiger partial charge in [-0.2, -0.15) is 0 Å². The van der Waals surface area contributed by atoms with Gasteiger partial charge in [0.25, 0.3) is 0 Å². The summed E-state index contributed by atoms with van der Waals surface area (Å²) < 4.78 is 0. The highest BCUT2D eigenvalue weighted by molar-refractivity contribution is 5.67. The van der Waals surface area contributed by atoms with Crippen LogP contribution in [0.4, 0.5) is 0 Å². The SMILES string of the molecule is CC1=C(/C=C/C(C)=C/C=C/C(C)=C/C=C/C=C(C)/C=C/C(C)=C/C=O)C(C)(C)CCC1. The van der Waals surface area contributed by atoms with Crippen LogP contribution in [0.1, 0.15) is 67.7 Å². The monoisotopic (exact) mass is 416 g/mol. The molecular weight excluding hydrogens is 376 g/mol. The third-order valence-electron chi connectivity index (χ3n) is 5.54. The molecule has 0 bridgehead atoms. The zero-order chi connectivity index (χ0) is 23.3. The van der Waals surface area contributed by atoms with Crippen molar-refractivity contribution in [3.05, 3.63) is 106 Å². The molecule has 166 valence electrons. The van der Waals surface area contributed by atoms with Gasteiger partial charge in [0.1, 0.15) is 6.29 Å². The third-order valence-corrected chi connectivity index (χ3v) is 5.54. The van der Waals surface area contributed by atoms with Crippen molar-refractivity contribution in [2.75, 3.05) is 0 Å². The Bertz CT molecular complexity index is 887. The van der Waals surface area contributed by atoms with Crippen molar-refractivity contribution < 1.29 is 4.79 Å². The largest absolute Gasteiger partial charge is 0.299 e. The summed E-state index contributed by atoms with van der Waals surface area (Å²) in [5.41, 5.74) is 7.86. The van der Waals surface area contributed by atoms with Gasteiger partial charge >= 0.3 is 0 Å². The average molecular weight is 417 g/mol. The average Bonchev–Trinajstić information content (AvgIpc) is 2.69. The quantitative estimate of drug-likeness (QED) is 0.209. The Morgan fingerprint density at radius 2 is 1.26 bits per heavy atom. The zero-order valence-corrected chi connectivity index (χ0v) is 20.5. The van der Waals surface area contributed by atoms with Gasteiger partial charge in [-0.05, 0) is 76.5 Å². The number of aldehydes is 1. The Morgan fingerprint density at radius 3 is 1.84 bits per heavy atom. The van der Waals surface area contributed by atoms with Crippen LogP contribution in [0.15, 0.2) is 106 Å². The molecule has 0 saturated heterocycles. The Hall–Kier alpha value is -2.67. The maximum Gasteiger partial charge on any atom is 0.143 e. The van der Waals surface area contributed by atoms with Crippen molar-refractivity contribution in [3.63, 3.8) is 0 Å². The van der Waals surface area contributed by atoms with Crippen LogP contribution in [0.5, 0.6) is 0 Å². The first kappa shape index (κ1) is 26.4. The van der Waals surface area contributed by atoms with Crippen LogP contribution in [-0.4, -0.2) is 6.29 Å². The Labute approximate surface area is 190 Å². The van der Waals surface area contributed by atoms with Gasteiger partial charge in [-0.15, -0.1) is 0 Å². The molecule has 0 aromatic heterocycles. The smallest absolute Gasteiger partial charge is 0.143 e. The fourth-order valence-electron chi connectivity index (χ4n) is 3.58. The molecule has 31 heavy (non-hydrogen) atoms. The zero-order valence-electron chi connectivity index (χ0n) is 20.5. The van der Waals surface area contributed by atoms with Crippen molar-refractivity contribution in [1.82, 2.24) is 0 Å². The van der Waals surface area contributed by atoms with Crippen molar-refractivity contribution in [2.24, 2.45) is 5.41 Å². The summed E-state index contributed by atoms with van der Waals surface area (Å²) in [5, 5.41) is 0. The minimum atomic E-state index is 0.286. The van der Waals surface area contributed by atoms with Crippen LogP contribution in [0.3, 0.4) is 0 Å².